The first kappa shape index (κ1) is 21.3. The van der Waals surface area contributed by atoms with Crippen LogP contribution in [0.15, 0.2) is 40.9 Å². The van der Waals surface area contributed by atoms with Crippen molar-refractivity contribution in [2.24, 2.45) is 5.92 Å². The number of nitrogens with zero attached hydrogens (tertiary/aromatic N) is 2. The highest BCUT2D eigenvalue weighted by atomic mass is 79.9. The maximum absolute atomic E-state index is 11.4. The summed E-state index contributed by atoms with van der Waals surface area (Å²) in [6.07, 6.45) is 5.82. The van der Waals surface area contributed by atoms with E-state index in [0.29, 0.717) is 5.92 Å². The van der Waals surface area contributed by atoms with Gasteiger partial charge in [0.15, 0.2) is 0 Å². The van der Waals surface area contributed by atoms with Gasteiger partial charge >= 0.3 is 5.97 Å². The van der Waals surface area contributed by atoms with Crippen molar-refractivity contribution < 1.29 is 9.90 Å². The Morgan fingerprint density at radius 1 is 1.33 bits per heavy atom. The van der Waals surface area contributed by atoms with Crippen molar-refractivity contribution in [2.75, 3.05) is 31.5 Å². The van der Waals surface area contributed by atoms with Crippen LogP contribution < -0.4 is 5.32 Å². The average Bonchev–Trinajstić information content (AvgIpc) is 3.19. The number of halogens is 1. The summed E-state index contributed by atoms with van der Waals surface area (Å²) in [4.78, 5) is 18.7. The molecule has 1 saturated heterocycles. The maximum Gasteiger partial charge on any atom is 0.304 e. The van der Waals surface area contributed by atoms with Gasteiger partial charge in [0.25, 0.3) is 0 Å². The van der Waals surface area contributed by atoms with Gasteiger partial charge in [-0.15, -0.1) is 0 Å². The number of fused-ring (bicyclic) bond motifs is 1. The molecule has 3 heterocycles. The molecule has 0 amide bonds. The number of aromatic nitrogens is 1. The SMILES string of the molecule is O=C(O)CC(CN1CC[C@@H](CCc2ccc3c(n2)NCCC3)C1)c1cccc(Br)c1. The third-order valence-electron chi connectivity index (χ3n) is 6.35. The molecule has 5 nitrogen and oxygen atoms in total. The molecule has 2 atom stereocenters. The number of hydrogen-bond donors (Lipinski definition) is 2. The number of pyridine rings is 1. The highest BCUT2D eigenvalue weighted by Gasteiger charge is 2.26. The van der Waals surface area contributed by atoms with E-state index in [1.165, 1.54) is 24.1 Å². The molecule has 160 valence electrons. The van der Waals surface area contributed by atoms with E-state index < -0.39 is 5.97 Å². The lowest BCUT2D eigenvalue weighted by molar-refractivity contribution is -0.137. The molecule has 2 aliphatic rings. The number of anilines is 1. The van der Waals surface area contributed by atoms with Gasteiger partial charge in [-0.05, 0) is 73.9 Å². The minimum absolute atomic E-state index is 0.0205. The van der Waals surface area contributed by atoms with Crippen LogP contribution in [0.25, 0.3) is 0 Å². The quantitative estimate of drug-likeness (QED) is 0.583. The topological polar surface area (TPSA) is 65.5 Å². The molecule has 2 N–H and O–H groups in total. The monoisotopic (exact) mass is 471 g/mol. The van der Waals surface area contributed by atoms with Crippen molar-refractivity contribution >= 4 is 27.7 Å². The highest BCUT2D eigenvalue weighted by Crippen LogP contribution is 2.28. The Balaban J connectivity index is 1.31. The smallest absolute Gasteiger partial charge is 0.304 e. The number of rotatable bonds is 8. The Morgan fingerprint density at radius 2 is 2.23 bits per heavy atom. The fourth-order valence-electron chi connectivity index (χ4n) is 4.75. The van der Waals surface area contributed by atoms with Crippen LogP contribution in [0.2, 0.25) is 0 Å². The molecule has 1 fully saturated rings. The minimum atomic E-state index is -0.734. The number of carboxylic acids is 1. The number of aryl methyl sites for hydroxylation is 2. The average molecular weight is 472 g/mol. The van der Waals surface area contributed by atoms with Crippen LogP contribution in [-0.4, -0.2) is 47.1 Å². The van der Waals surface area contributed by atoms with Gasteiger partial charge in [0, 0.05) is 35.7 Å². The lowest BCUT2D eigenvalue weighted by atomic mass is 9.95. The summed E-state index contributed by atoms with van der Waals surface area (Å²) >= 11 is 3.51. The van der Waals surface area contributed by atoms with Crippen LogP contribution in [0.5, 0.6) is 0 Å². The van der Waals surface area contributed by atoms with Crippen LogP contribution in [-0.2, 0) is 17.6 Å². The van der Waals surface area contributed by atoms with Gasteiger partial charge < -0.3 is 15.3 Å². The summed E-state index contributed by atoms with van der Waals surface area (Å²) in [5.41, 5.74) is 3.62. The fourth-order valence-corrected chi connectivity index (χ4v) is 5.16. The number of carboxylic acid groups (broad SMARTS) is 1. The normalized spacial score (nSPS) is 19.8. The van der Waals surface area contributed by atoms with Crippen LogP contribution in [0.4, 0.5) is 5.82 Å². The predicted octanol–water partition coefficient (Wildman–Crippen LogP) is 4.72. The van der Waals surface area contributed by atoms with Crippen molar-refractivity contribution in [2.45, 2.75) is 44.4 Å². The van der Waals surface area contributed by atoms with Crippen molar-refractivity contribution in [3.8, 4) is 0 Å². The number of likely N-dealkylation sites (tertiary alicyclic amines) is 1. The Hall–Kier alpha value is -1.92. The van der Waals surface area contributed by atoms with E-state index in [1.54, 1.807) is 0 Å². The van der Waals surface area contributed by atoms with Gasteiger partial charge in [-0.2, -0.15) is 0 Å². The summed E-state index contributed by atoms with van der Waals surface area (Å²) in [6, 6.07) is 12.5. The molecule has 2 aromatic rings. The second-order valence-electron chi connectivity index (χ2n) is 8.64. The molecule has 0 aliphatic carbocycles. The van der Waals surface area contributed by atoms with E-state index >= 15 is 0 Å². The molecular formula is C24H30BrN3O2. The number of nitrogens with one attached hydrogen (secondary N) is 1. The van der Waals surface area contributed by atoms with Crippen LogP contribution in [0.1, 0.15) is 48.4 Å². The molecular weight excluding hydrogens is 442 g/mol. The van der Waals surface area contributed by atoms with Gasteiger partial charge in [-0.25, -0.2) is 4.98 Å². The lowest BCUT2D eigenvalue weighted by Crippen LogP contribution is -2.28. The first-order chi connectivity index (χ1) is 14.6. The molecule has 1 aromatic heterocycles. The minimum Gasteiger partial charge on any atom is -0.481 e. The molecule has 0 spiro atoms. The number of benzene rings is 1. The summed E-state index contributed by atoms with van der Waals surface area (Å²) in [6.45, 7) is 3.93. The van der Waals surface area contributed by atoms with Crippen molar-refractivity contribution in [1.29, 1.82) is 0 Å². The number of hydrogen-bond acceptors (Lipinski definition) is 4. The van der Waals surface area contributed by atoms with Crippen LogP contribution in [0.3, 0.4) is 0 Å². The summed E-state index contributed by atoms with van der Waals surface area (Å²) in [5.74, 6) is 1.02. The predicted molar refractivity (Wildman–Crippen MR) is 123 cm³/mol. The number of carbonyl (C=O) groups is 1. The Morgan fingerprint density at radius 3 is 3.07 bits per heavy atom. The second-order valence-corrected chi connectivity index (χ2v) is 9.56. The van der Waals surface area contributed by atoms with E-state index in [9.17, 15) is 9.90 Å². The molecule has 1 aromatic carbocycles. The van der Waals surface area contributed by atoms with Gasteiger partial charge in [0.05, 0.1) is 6.42 Å². The zero-order valence-corrected chi connectivity index (χ0v) is 18.9. The summed E-state index contributed by atoms with van der Waals surface area (Å²) < 4.78 is 1.00. The van der Waals surface area contributed by atoms with Crippen molar-refractivity contribution in [3.63, 3.8) is 0 Å². The summed E-state index contributed by atoms with van der Waals surface area (Å²) in [7, 11) is 0. The zero-order valence-electron chi connectivity index (χ0n) is 17.3. The van der Waals surface area contributed by atoms with Crippen LogP contribution in [0, 0.1) is 5.92 Å². The molecule has 30 heavy (non-hydrogen) atoms. The molecule has 0 radical (unpaired) electrons. The van der Waals surface area contributed by atoms with E-state index in [0.717, 1.165) is 61.3 Å². The molecule has 2 aliphatic heterocycles. The van der Waals surface area contributed by atoms with E-state index in [2.05, 4.69) is 44.3 Å². The zero-order chi connectivity index (χ0) is 20.9. The molecule has 4 rings (SSSR count). The molecule has 6 heteroatoms. The van der Waals surface area contributed by atoms with E-state index in [1.807, 2.05) is 18.2 Å². The van der Waals surface area contributed by atoms with Gasteiger partial charge in [-0.3, -0.25) is 4.79 Å². The molecule has 0 bridgehead atoms. The lowest BCUT2D eigenvalue weighted by Gasteiger charge is -2.23. The third kappa shape index (κ3) is 5.61. The van der Waals surface area contributed by atoms with E-state index in [4.69, 9.17) is 4.98 Å². The fraction of sp³-hybridized carbons (Fsp3) is 0.500. The largest absolute Gasteiger partial charge is 0.481 e. The van der Waals surface area contributed by atoms with Crippen molar-refractivity contribution in [3.05, 3.63) is 57.7 Å². The Kier molecular flexibility index (Phi) is 7.05. The third-order valence-corrected chi connectivity index (χ3v) is 6.84. The van der Waals surface area contributed by atoms with Gasteiger partial charge in [-0.1, -0.05) is 34.1 Å². The van der Waals surface area contributed by atoms with Gasteiger partial charge in [0.2, 0.25) is 0 Å². The van der Waals surface area contributed by atoms with Gasteiger partial charge in [0.1, 0.15) is 5.82 Å². The standard InChI is InChI=1S/C24H30BrN3O2/c25-21-5-1-3-19(13-21)20(14-23(29)30)16-28-12-10-17(15-28)6-8-22-9-7-18-4-2-11-26-24(18)27-22/h1,3,5,7,9,13,17,20H,2,4,6,8,10-12,14-16H2,(H,26,27)(H,29,30)/t17-,20?/m1/s1. The first-order valence-corrected chi connectivity index (χ1v) is 11.8. The number of aliphatic carboxylic acids is 1. The Bertz CT molecular complexity index is 889. The van der Waals surface area contributed by atoms with Crippen molar-refractivity contribution in [1.82, 2.24) is 9.88 Å². The highest BCUT2D eigenvalue weighted by molar-refractivity contribution is 9.10. The Labute approximate surface area is 187 Å². The van der Waals surface area contributed by atoms with Crippen LogP contribution >= 0.6 is 15.9 Å². The molecule has 1 unspecified atom stereocenters. The summed E-state index contributed by atoms with van der Waals surface area (Å²) in [5, 5.41) is 12.8. The van der Waals surface area contributed by atoms with E-state index in [-0.39, 0.29) is 12.3 Å². The second kappa shape index (κ2) is 9.92. The maximum atomic E-state index is 11.4. The first-order valence-electron chi connectivity index (χ1n) is 11.0. The molecule has 0 saturated carbocycles.